The molecule has 1 heterocycles. The number of nitrogens with one attached hydrogen (secondary N) is 1. The van der Waals surface area contributed by atoms with Gasteiger partial charge in [0, 0.05) is 0 Å². The molecule has 1 unspecified atom stereocenters. The van der Waals surface area contributed by atoms with E-state index in [1.807, 2.05) is 0 Å². The molecule has 1 aliphatic heterocycles. The van der Waals surface area contributed by atoms with E-state index in [0.717, 1.165) is 5.92 Å². The fourth-order valence-corrected chi connectivity index (χ4v) is 2.63. The van der Waals surface area contributed by atoms with Crippen LogP contribution in [0.3, 0.4) is 0 Å². The summed E-state index contributed by atoms with van der Waals surface area (Å²) in [6.07, 6.45) is 2.57. The van der Waals surface area contributed by atoms with Gasteiger partial charge in [0.15, 0.2) is 0 Å². The largest absolute Gasteiger partial charge is 0.316 e. The molecule has 1 nitrogen and oxygen atoms in total. The smallest absolute Gasteiger partial charge is 0.00169 e. The standard InChI is InChI=1S/C15H23N/c1-15(2,3)14-7-5-4-6-13(14)10-12-8-9-16-11-12/h4-7,12,16H,8-11H2,1-3H3. The van der Waals surface area contributed by atoms with Crippen molar-refractivity contribution in [3.05, 3.63) is 35.4 Å². The molecule has 1 aromatic rings. The van der Waals surface area contributed by atoms with Gasteiger partial charge in [-0.25, -0.2) is 0 Å². The highest BCUT2D eigenvalue weighted by Crippen LogP contribution is 2.28. The minimum absolute atomic E-state index is 0.266. The molecule has 0 saturated carbocycles. The van der Waals surface area contributed by atoms with Crippen molar-refractivity contribution in [3.63, 3.8) is 0 Å². The van der Waals surface area contributed by atoms with E-state index < -0.39 is 0 Å². The topological polar surface area (TPSA) is 12.0 Å². The van der Waals surface area contributed by atoms with Gasteiger partial charge in [-0.3, -0.25) is 0 Å². The summed E-state index contributed by atoms with van der Waals surface area (Å²) in [5, 5.41) is 3.45. The first-order valence-electron chi connectivity index (χ1n) is 6.36. The third kappa shape index (κ3) is 2.65. The molecule has 1 aliphatic rings. The molecule has 0 spiro atoms. The van der Waals surface area contributed by atoms with Crippen molar-refractivity contribution >= 4 is 0 Å². The summed E-state index contributed by atoms with van der Waals surface area (Å²) in [6.45, 7) is 9.30. The van der Waals surface area contributed by atoms with Crippen molar-refractivity contribution in [3.8, 4) is 0 Å². The van der Waals surface area contributed by atoms with Crippen molar-refractivity contribution < 1.29 is 0 Å². The van der Waals surface area contributed by atoms with Crippen LogP contribution in [-0.2, 0) is 11.8 Å². The van der Waals surface area contributed by atoms with Gasteiger partial charge >= 0.3 is 0 Å². The van der Waals surface area contributed by atoms with E-state index in [1.165, 1.54) is 31.5 Å². The molecule has 0 amide bonds. The van der Waals surface area contributed by atoms with E-state index in [1.54, 1.807) is 5.56 Å². The maximum absolute atomic E-state index is 3.45. The van der Waals surface area contributed by atoms with Crippen LogP contribution < -0.4 is 5.32 Å². The Morgan fingerprint density at radius 1 is 1.25 bits per heavy atom. The SMILES string of the molecule is CC(C)(C)c1ccccc1CC1CCNC1. The maximum Gasteiger partial charge on any atom is -0.00169 e. The molecule has 16 heavy (non-hydrogen) atoms. The third-order valence-electron chi connectivity index (χ3n) is 3.50. The zero-order valence-corrected chi connectivity index (χ0v) is 10.7. The minimum Gasteiger partial charge on any atom is -0.316 e. The summed E-state index contributed by atoms with van der Waals surface area (Å²) >= 11 is 0. The van der Waals surface area contributed by atoms with E-state index >= 15 is 0 Å². The summed E-state index contributed by atoms with van der Waals surface area (Å²) < 4.78 is 0. The molecule has 88 valence electrons. The molecule has 1 N–H and O–H groups in total. The van der Waals surface area contributed by atoms with Crippen LogP contribution in [0.25, 0.3) is 0 Å². The molecule has 0 bridgehead atoms. The zero-order valence-electron chi connectivity index (χ0n) is 10.7. The number of hydrogen-bond donors (Lipinski definition) is 1. The van der Waals surface area contributed by atoms with E-state index in [4.69, 9.17) is 0 Å². The molecule has 0 radical (unpaired) electrons. The first kappa shape index (κ1) is 11.7. The predicted octanol–water partition coefficient (Wildman–Crippen LogP) is 3.14. The van der Waals surface area contributed by atoms with Gasteiger partial charge in [0.05, 0.1) is 0 Å². The van der Waals surface area contributed by atoms with Gasteiger partial charge in [0.25, 0.3) is 0 Å². The molecule has 1 aromatic carbocycles. The van der Waals surface area contributed by atoms with Gasteiger partial charge in [-0.15, -0.1) is 0 Å². The minimum atomic E-state index is 0.266. The van der Waals surface area contributed by atoms with Crippen molar-refractivity contribution in [2.45, 2.75) is 39.0 Å². The van der Waals surface area contributed by atoms with Crippen LogP contribution in [-0.4, -0.2) is 13.1 Å². The molecule has 1 fully saturated rings. The van der Waals surface area contributed by atoms with Crippen LogP contribution in [0.1, 0.15) is 38.3 Å². The van der Waals surface area contributed by atoms with Crippen LogP contribution in [0.15, 0.2) is 24.3 Å². The lowest BCUT2D eigenvalue weighted by molar-refractivity contribution is 0.546. The Kier molecular flexibility index (Phi) is 3.34. The highest BCUT2D eigenvalue weighted by atomic mass is 14.9. The van der Waals surface area contributed by atoms with Gasteiger partial charge < -0.3 is 5.32 Å². The lowest BCUT2D eigenvalue weighted by Crippen LogP contribution is -2.17. The molecular formula is C15H23N. The lowest BCUT2D eigenvalue weighted by atomic mass is 9.81. The number of benzene rings is 1. The number of rotatable bonds is 2. The van der Waals surface area contributed by atoms with Crippen LogP contribution in [0.5, 0.6) is 0 Å². The van der Waals surface area contributed by atoms with Gasteiger partial charge in [-0.1, -0.05) is 45.0 Å². The van der Waals surface area contributed by atoms with Crippen molar-refractivity contribution in [2.24, 2.45) is 5.92 Å². The average molecular weight is 217 g/mol. The highest BCUT2D eigenvalue weighted by molar-refractivity contribution is 5.33. The van der Waals surface area contributed by atoms with Gasteiger partial charge in [-0.2, -0.15) is 0 Å². The van der Waals surface area contributed by atoms with Crippen LogP contribution in [0.2, 0.25) is 0 Å². The molecular weight excluding hydrogens is 194 g/mol. The maximum atomic E-state index is 3.45. The second kappa shape index (κ2) is 4.58. The fourth-order valence-electron chi connectivity index (χ4n) is 2.63. The summed E-state index contributed by atoms with van der Waals surface area (Å²) in [4.78, 5) is 0. The van der Waals surface area contributed by atoms with Crippen molar-refractivity contribution in [1.82, 2.24) is 5.32 Å². The first-order chi connectivity index (χ1) is 7.57. The Labute approximate surface area is 99.3 Å². The van der Waals surface area contributed by atoms with Crippen LogP contribution in [0, 0.1) is 5.92 Å². The van der Waals surface area contributed by atoms with E-state index in [2.05, 4.69) is 50.4 Å². The summed E-state index contributed by atoms with van der Waals surface area (Å²) in [7, 11) is 0. The van der Waals surface area contributed by atoms with E-state index in [0.29, 0.717) is 0 Å². The third-order valence-corrected chi connectivity index (χ3v) is 3.50. The van der Waals surface area contributed by atoms with Gasteiger partial charge in [-0.05, 0) is 48.4 Å². The van der Waals surface area contributed by atoms with Gasteiger partial charge in [0.2, 0.25) is 0 Å². The van der Waals surface area contributed by atoms with Gasteiger partial charge in [0.1, 0.15) is 0 Å². The monoisotopic (exact) mass is 217 g/mol. The Balaban J connectivity index is 2.19. The predicted molar refractivity (Wildman–Crippen MR) is 69.8 cm³/mol. The molecule has 1 atom stereocenters. The lowest BCUT2D eigenvalue weighted by Gasteiger charge is -2.24. The summed E-state index contributed by atoms with van der Waals surface area (Å²) in [5.74, 6) is 0.837. The van der Waals surface area contributed by atoms with E-state index in [9.17, 15) is 0 Å². The average Bonchev–Trinajstić information content (AvgIpc) is 2.70. The molecule has 1 heteroatoms. The molecule has 0 aromatic heterocycles. The molecule has 1 saturated heterocycles. The summed E-state index contributed by atoms with van der Waals surface area (Å²) in [6, 6.07) is 8.93. The van der Waals surface area contributed by atoms with Crippen LogP contribution >= 0.6 is 0 Å². The number of hydrogen-bond acceptors (Lipinski definition) is 1. The normalized spacial score (nSPS) is 21.3. The first-order valence-corrected chi connectivity index (χ1v) is 6.36. The summed E-state index contributed by atoms with van der Waals surface area (Å²) in [5.41, 5.74) is 3.33. The molecule has 0 aliphatic carbocycles. The highest BCUT2D eigenvalue weighted by Gasteiger charge is 2.21. The Hall–Kier alpha value is -0.820. The molecule has 2 rings (SSSR count). The van der Waals surface area contributed by atoms with Crippen molar-refractivity contribution in [2.75, 3.05) is 13.1 Å². The Bertz CT molecular complexity index is 343. The Morgan fingerprint density at radius 2 is 2.00 bits per heavy atom. The Morgan fingerprint density at radius 3 is 2.62 bits per heavy atom. The van der Waals surface area contributed by atoms with Crippen LogP contribution in [0.4, 0.5) is 0 Å². The quantitative estimate of drug-likeness (QED) is 0.802. The van der Waals surface area contributed by atoms with E-state index in [-0.39, 0.29) is 5.41 Å². The van der Waals surface area contributed by atoms with Crippen molar-refractivity contribution in [1.29, 1.82) is 0 Å². The fraction of sp³-hybridized carbons (Fsp3) is 0.600. The second-order valence-corrected chi connectivity index (χ2v) is 5.97. The zero-order chi connectivity index (χ0) is 11.6. The second-order valence-electron chi connectivity index (χ2n) is 5.97.